The molecule has 2 atom stereocenters. The van der Waals surface area contributed by atoms with E-state index in [0.717, 1.165) is 0 Å². The lowest BCUT2D eigenvalue weighted by Crippen LogP contribution is -2.32. The van der Waals surface area contributed by atoms with Crippen LogP contribution in [0.3, 0.4) is 0 Å². The molecule has 1 amide bonds. The Bertz CT molecular complexity index is 474. The van der Waals surface area contributed by atoms with Gasteiger partial charge in [0, 0.05) is 18.1 Å². The number of β-amino-alcohol motifs (C(OH)–C–C–N with tert-alkyl or cyclic N) is 2. The summed E-state index contributed by atoms with van der Waals surface area (Å²) in [6.07, 6.45) is -1.61. The topological polar surface area (TPSA) is 72.8 Å². The van der Waals surface area contributed by atoms with Crippen LogP contribution >= 0.6 is 23.2 Å². The third-order valence-corrected chi connectivity index (χ3v) is 3.47. The number of anilines is 1. The van der Waals surface area contributed by atoms with Gasteiger partial charge in [-0.2, -0.15) is 0 Å². The van der Waals surface area contributed by atoms with Crippen LogP contribution in [0.2, 0.25) is 10.0 Å². The van der Waals surface area contributed by atoms with E-state index in [1.54, 1.807) is 23.1 Å². The zero-order valence-corrected chi connectivity index (χ0v) is 11.5. The summed E-state index contributed by atoms with van der Waals surface area (Å²) in [5, 5.41) is 22.3. The molecular formula is C12H14Cl2N2O3. The van der Waals surface area contributed by atoms with Gasteiger partial charge in [0.05, 0.1) is 29.5 Å². The van der Waals surface area contributed by atoms with Gasteiger partial charge in [-0.15, -0.1) is 0 Å². The van der Waals surface area contributed by atoms with E-state index >= 15 is 0 Å². The largest absolute Gasteiger partial charge is 0.389 e. The van der Waals surface area contributed by atoms with Crippen molar-refractivity contribution in [3.63, 3.8) is 0 Å². The lowest BCUT2D eigenvalue weighted by molar-refractivity contribution is -0.117. The van der Waals surface area contributed by atoms with Crippen molar-refractivity contribution in [3.8, 4) is 0 Å². The van der Waals surface area contributed by atoms with E-state index in [-0.39, 0.29) is 25.5 Å². The maximum Gasteiger partial charge on any atom is 0.238 e. The second-order valence-corrected chi connectivity index (χ2v) is 5.34. The molecule has 0 spiro atoms. The molecule has 0 saturated carbocycles. The smallest absolute Gasteiger partial charge is 0.238 e. The molecule has 1 fully saturated rings. The first kappa shape index (κ1) is 14.6. The number of carbonyl (C=O) groups excluding carboxylic acids is 1. The van der Waals surface area contributed by atoms with Crippen molar-refractivity contribution in [2.45, 2.75) is 12.2 Å². The molecule has 104 valence electrons. The van der Waals surface area contributed by atoms with Crippen LogP contribution in [-0.4, -0.2) is 52.9 Å². The highest BCUT2D eigenvalue weighted by atomic mass is 35.5. The molecule has 3 N–H and O–H groups in total. The van der Waals surface area contributed by atoms with E-state index in [1.165, 1.54) is 0 Å². The van der Waals surface area contributed by atoms with Gasteiger partial charge in [-0.1, -0.05) is 23.2 Å². The zero-order chi connectivity index (χ0) is 14.0. The molecule has 1 saturated heterocycles. The molecule has 0 bridgehead atoms. The van der Waals surface area contributed by atoms with Gasteiger partial charge in [-0.05, 0) is 18.2 Å². The van der Waals surface area contributed by atoms with Gasteiger partial charge < -0.3 is 15.5 Å². The first-order valence-corrected chi connectivity index (χ1v) is 6.54. The van der Waals surface area contributed by atoms with Gasteiger partial charge in [0.25, 0.3) is 0 Å². The summed E-state index contributed by atoms with van der Waals surface area (Å²) < 4.78 is 0. The van der Waals surface area contributed by atoms with Gasteiger partial charge in [0.1, 0.15) is 0 Å². The van der Waals surface area contributed by atoms with Crippen molar-refractivity contribution in [2.24, 2.45) is 0 Å². The van der Waals surface area contributed by atoms with Crippen molar-refractivity contribution < 1.29 is 15.0 Å². The highest BCUT2D eigenvalue weighted by Crippen LogP contribution is 2.25. The molecule has 2 rings (SSSR count). The van der Waals surface area contributed by atoms with Gasteiger partial charge in [0.15, 0.2) is 0 Å². The lowest BCUT2D eigenvalue weighted by Gasteiger charge is -2.14. The van der Waals surface area contributed by atoms with Crippen molar-refractivity contribution in [1.29, 1.82) is 0 Å². The maximum atomic E-state index is 11.8. The first-order valence-electron chi connectivity index (χ1n) is 5.79. The Kier molecular flexibility index (Phi) is 4.65. The summed E-state index contributed by atoms with van der Waals surface area (Å²) in [5.74, 6) is -0.273. The highest BCUT2D eigenvalue weighted by Gasteiger charge is 2.30. The molecule has 2 unspecified atom stereocenters. The number of hydrogen-bond donors (Lipinski definition) is 3. The van der Waals surface area contributed by atoms with Crippen molar-refractivity contribution in [2.75, 3.05) is 25.0 Å². The van der Waals surface area contributed by atoms with Crippen molar-refractivity contribution in [1.82, 2.24) is 4.90 Å². The van der Waals surface area contributed by atoms with Crippen molar-refractivity contribution in [3.05, 3.63) is 28.2 Å². The van der Waals surface area contributed by atoms with Crippen molar-refractivity contribution >= 4 is 34.8 Å². The minimum absolute atomic E-state index is 0.0803. The van der Waals surface area contributed by atoms with Crippen LogP contribution < -0.4 is 5.32 Å². The molecule has 1 heterocycles. The Hall–Kier alpha value is -0.850. The molecule has 1 aromatic rings. The quantitative estimate of drug-likeness (QED) is 0.778. The summed E-state index contributed by atoms with van der Waals surface area (Å²) in [7, 11) is 0. The Morgan fingerprint density at radius 2 is 1.95 bits per heavy atom. The summed E-state index contributed by atoms with van der Waals surface area (Å²) in [6.45, 7) is 0.632. The van der Waals surface area contributed by atoms with Crippen LogP contribution in [0.25, 0.3) is 0 Å². The van der Waals surface area contributed by atoms with Gasteiger partial charge in [-0.25, -0.2) is 0 Å². The summed E-state index contributed by atoms with van der Waals surface area (Å²) >= 11 is 11.8. The molecule has 0 aliphatic carbocycles. The van der Waals surface area contributed by atoms with Gasteiger partial charge in [0.2, 0.25) is 5.91 Å². The minimum atomic E-state index is -0.803. The number of amides is 1. The molecule has 1 aliphatic heterocycles. The predicted molar refractivity (Wildman–Crippen MR) is 73.5 cm³/mol. The average molecular weight is 305 g/mol. The molecule has 1 aromatic carbocycles. The van der Waals surface area contributed by atoms with E-state index in [2.05, 4.69) is 5.32 Å². The average Bonchev–Trinajstić information content (AvgIpc) is 2.63. The fourth-order valence-corrected chi connectivity index (χ4v) is 2.30. The maximum absolute atomic E-state index is 11.8. The Morgan fingerprint density at radius 1 is 1.32 bits per heavy atom. The second kappa shape index (κ2) is 6.07. The first-order chi connectivity index (χ1) is 8.95. The minimum Gasteiger partial charge on any atom is -0.389 e. The fourth-order valence-electron chi connectivity index (χ4n) is 1.96. The SMILES string of the molecule is O=C(CN1CC(O)C(O)C1)Nc1cc(Cl)ccc1Cl. The Balaban J connectivity index is 1.93. The zero-order valence-electron chi connectivity index (χ0n) is 10.0. The Morgan fingerprint density at radius 3 is 2.58 bits per heavy atom. The molecule has 19 heavy (non-hydrogen) atoms. The number of aliphatic hydroxyl groups is 2. The molecule has 0 radical (unpaired) electrons. The highest BCUT2D eigenvalue weighted by molar-refractivity contribution is 6.35. The molecule has 5 nitrogen and oxygen atoms in total. The van der Waals surface area contributed by atoms with E-state index in [9.17, 15) is 15.0 Å². The number of carbonyl (C=O) groups is 1. The van der Waals surface area contributed by atoms with Crippen LogP contribution in [-0.2, 0) is 4.79 Å². The number of nitrogens with one attached hydrogen (secondary N) is 1. The number of nitrogens with zero attached hydrogens (tertiary/aromatic N) is 1. The van der Waals surface area contributed by atoms with Gasteiger partial charge in [-0.3, -0.25) is 9.69 Å². The number of benzene rings is 1. The molecular weight excluding hydrogens is 291 g/mol. The third-order valence-electron chi connectivity index (χ3n) is 2.90. The lowest BCUT2D eigenvalue weighted by atomic mass is 10.3. The van der Waals surface area contributed by atoms with Gasteiger partial charge >= 0.3 is 0 Å². The summed E-state index contributed by atoms with van der Waals surface area (Å²) in [5.41, 5.74) is 0.444. The molecule has 7 heteroatoms. The third kappa shape index (κ3) is 3.81. The molecule has 0 aromatic heterocycles. The van der Waals surface area contributed by atoms with Crippen LogP contribution in [0, 0.1) is 0 Å². The molecule has 1 aliphatic rings. The number of hydrogen-bond acceptors (Lipinski definition) is 4. The predicted octanol–water partition coefficient (Wildman–Crippen LogP) is 0.969. The number of halogens is 2. The number of aliphatic hydroxyl groups excluding tert-OH is 2. The van der Waals surface area contributed by atoms with E-state index < -0.39 is 12.2 Å². The standard InChI is InChI=1S/C12H14Cl2N2O3/c13-7-1-2-8(14)9(3-7)15-12(19)6-16-4-10(17)11(18)5-16/h1-3,10-11,17-18H,4-6H2,(H,15,19). The fraction of sp³-hybridized carbons (Fsp3) is 0.417. The number of likely N-dealkylation sites (tertiary alicyclic amines) is 1. The van der Waals surface area contributed by atoms with Crippen LogP contribution in [0.5, 0.6) is 0 Å². The Labute approximate surface area is 120 Å². The summed E-state index contributed by atoms with van der Waals surface area (Å²) in [4.78, 5) is 13.5. The van der Waals surface area contributed by atoms with Crippen LogP contribution in [0.1, 0.15) is 0 Å². The monoisotopic (exact) mass is 304 g/mol. The normalized spacial score (nSPS) is 23.6. The van der Waals surface area contributed by atoms with E-state index in [4.69, 9.17) is 23.2 Å². The van der Waals surface area contributed by atoms with E-state index in [1.807, 2.05) is 0 Å². The second-order valence-electron chi connectivity index (χ2n) is 4.50. The van der Waals surface area contributed by atoms with Crippen LogP contribution in [0.4, 0.5) is 5.69 Å². The van der Waals surface area contributed by atoms with Crippen LogP contribution in [0.15, 0.2) is 18.2 Å². The summed E-state index contributed by atoms with van der Waals surface area (Å²) in [6, 6.07) is 4.80. The number of rotatable bonds is 3. The van der Waals surface area contributed by atoms with E-state index in [0.29, 0.717) is 15.7 Å².